The topological polar surface area (TPSA) is 64.6 Å². The van der Waals surface area contributed by atoms with E-state index in [4.69, 9.17) is 9.47 Å². The van der Waals surface area contributed by atoms with Crippen LogP contribution in [0, 0.1) is 0 Å². The summed E-state index contributed by atoms with van der Waals surface area (Å²) in [4.78, 5) is 24.4. The lowest BCUT2D eigenvalue weighted by atomic mass is 9.80. The first-order valence-corrected chi connectivity index (χ1v) is 7.66. The molecule has 1 atom stereocenters. The molecule has 124 valence electrons. The van der Waals surface area contributed by atoms with Gasteiger partial charge in [-0.25, -0.2) is 4.79 Å². The normalized spacial score (nSPS) is 24.4. The van der Waals surface area contributed by atoms with Gasteiger partial charge in [0.15, 0.2) is 0 Å². The zero-order valence-electron chi connectivity index (χ0n) is 13.9. The zero-order chi connectivity index (χ0) is 17.3. The minimum Gasteiger partial charge on any atom is -0.495 e. The van der Waals surface area contributed by atoms with Gasteiger partial charge in [0.25, 0.3) is 5.91 Å². The number of carbonyl (C=O) groups excluding carboxylic acids is 2. The average molecular weight is 325 g/mol. The summed E-state index contributed by atoms with van der Waals surface area (Å²) in [6, 6.07) is 9.49. The molecule has 0 bridgehead atoms. The Morgan fingerprint density at radius 2 is 1.83 bits per heavy atom. The number of fused-ring (bicyclic) bond motifs is 1. The summed E-state index contributed by atoms with van der Waals surface area (Å²) in [7, 11) is 2.90. The van der Waals surface area contributed by atoms with Crippen LogP contribution >= 0.6 is 0 Å². The number of allylic oxidation sites excluding steroid dienone is 2. The summed E-state index contributed by atoms with van der Waals surface area (Å²) < 4.78 is 10.3. The van der Waals surface area contributed by atoms with Gasteiger partial charge in [0.2, 0.25) is 0 Å². The number of hydrogen-bond donors (Lipinski definition) is 1. The van der Waals surface area contributed by atoms with Gasteiger partial charge in [0.1, 0.15) is 5.76 Å². The molecule has 5 nitrogen and oxygen atoms in total. The fourth-order valence-corrected chi connectivity index (χ4v) is 3.26. The molecule has 3 rings (SSSR count). The second-order valence-electron chi connectivity index (χ2n) is 6.00. The van der Waals surface area contributed by atoms with Crippen LogP contribution in [0.25, 0.3) is 5.76 Å². The molecule has 1 heterocycles. The number of hydrogen-bond acceptors (Lipinski definition) is 4. The summed E-state index contributed by atoms with van der Waals surface area (Å²) in [6.45, 7) is 1.90. The number of esters is 1. The van der Waals surface area contributed by atoms with E-state index in [-0.39, 0.29) is 11.9 Å². The van der Waals surface area contributed by atoms with E-state index in [9.17, 15) is 9.59 Å². The highest BCUT2D eigenvalue weighted by Crippen LogP contribution is 2.42. The van der Waals surface area contributed by atoms with Gasteiger partial charge in [0, 0.05) is 17.6 Å². The van der Waals surface area contributed by atoms with Gasteiger partial charge < -0.3 is 14.8 Å². The Bertz CT molecular complexity index is 789. The standard InChI is InChI=1S/C19H19NO4/c1-19-11-13(18(22)24-3)9-10-14(19)15(17(21)20-19)16(23-2)12-7-5-4-6-8-12/h4-10H,11H2,1-3H3,(H,20,21)/b16-15+. The first kappa shape index (κ1) is 16.1. The Hall–Kier alpha value is -2.82. The van der Waals surface area contributed by atoms with E-state index >= 15 is 0 Å². The SMILES string of the molecule is COC(=O)C1=CC=C2/C(=C(\OC)c3ccccc3)C(=O)NC2(C)C1. The predicted octanol–water partition coefficient (Wildman–Crippen LogP) is 2.36. The lowest BCUT2D eigenvalue weighted by Crippen LogP contribution is -2.41. The van der Waals surface area contributed by atoms with E-state index < -0.39 is 5.54 Å². The van der Waals surface area contributed by atoms with Gasteiger partial charge in [-0.15, -0.1) is 0 Å². The summed E-state index contributed by atoms with van der Waals surface area (Å²) in [6.07, 6.45) is 3.89. The van der Waals surface area contributed by atoms with Crippen molar-refractivity contribution in [2.45, 2.75) is 18.9 Å². The van der Waals surface area contributed by atoms with E-state index in [1.807, 2.05) is 37.3 Å². The lowest BCUT2D eigenvalue weighted by Gasteiger charge is -2.29. The van der Waals surface area contributed by atoms with Crippen LogP contribution in [0.3, 0.4) is 0 Å². The van der Waals surface area contributed by atoms with E-state index in [0.717, 1.165) is 11.1 Å². The number of carbonyl (C=O) groups is 2. The van der Waals surface area contributed by atoms with Crippen LogP contribution in [0.4, 0.5) is 0 Å². The first-order valence-electron chi connectivity index (χ1n) is 7.66. The quantitative estimate of drug-likeness (QED) is 0.526. The molecule has 0 aromatic heterocycles. The monoisotopic (exact) mass is 325 g/mol. The number of benzene rings is 1. The molecule has 0 saturated carbocycles. The Labute approximate surface area is 140 Å². The molecule has 1 fully saturated rings. The van der Waals surface area contributed by atoms with Crippen molar-refractivity contribution in [2.75, 3.05) is 14.2 Å². The molecule has 1 saturated heterocycles. The van der Waals surface area contributed by atoms with Crippen LogP contribution < -0.4 is 5.32 Å². The van der Waals surface area contributed by atoms with E-state index in [0.29, 0.717) is 23.3 Å². The van der Waals surface area contributed by atoms with E-state index in [1.54, 1.807) is 19.3 Å². The molecule has 1 aromatic rings. The molecule has 1 aromatic carbocycles. The highest BCUT2D eigenvalue weighted by molar-refractivity contribution is 6.09. The number of methoxy groups -OCH3 is 2. The molecular formula is C19H19NO4. The third kappa shape index (κ3) is 2.52. The summed E-state index contributed by atoms with van der Waals surface area (Å²) in [5.74, 6) is -0.0600. The van der Waals surface area contributed by atoms with Crippen molar-refractivity contribution in [1.82, 2.24) is 5.32 Å². The van der Waals surface area contributed by atoms with Crippen molar-refractivity contribution in [3.05, 3.63) is 64.8 Å². The van der Waals surface area contributed by atoms with Crippen molar-refractivity contribution >= 4 is 17.6 Å². The maximum atomic E-state index is 12.6. The number of ether oxygens (including phenoxy) is 2. The molecule has 5 heteroatoms. The van der Waals surface area contributed by atoms with E-state index in [2.05, 4.69) is 5.32 Å². The van der Waals surface area contributed by atoms with Crippen molar-refractivity contribution < 1.29 is 19.1 Å². The number of rotatable bonds is 3. The van der Waals surface area contributed by atoms with Gasteiger partial charge in [-0.05, 0) is 12.5 Å². The highest BCUT2D eigenvalue weighted by atomic mass is 16.5. The maximum Gasteiger partial charge on any atom is 0.333 e. The van der Waals surface area contributed by atoms with Crippen LogP contribution in [0.15, 0.2) is 59.2 Å². The minimum atomic E-state index is -0.650. The molecule has 1 N–H and O–H groups in total. The largest absolute Gasteiger partial charge is 0.495 e. The van der Waals surface area contributed by atoms with Crippen LogP contribution in [-0.4, -0.2) is 31.6 Å². The average Bonchev–Trinajstić information content (AvgIpc) is 2.85. The highest BCUT2D eigenvalue weighted by Gasteiger charge is 2.46. The molecule has 1 amide bonds. The smallest absolute Gasteiger partial charge is 0.333 e. The fourth-order valence-electron chi connectivity index (χ4n) is 3.26. The first-order chi connectivity index (χ1) is 11.5. The molecule has 2 aliphatic rings. The molecule has 0 radical (unpaired) electrons. The molecule has 1 unspecified atom stereocenters. The van der Waals surface area contributed by atoms with Crippen LogP contribution in [0.1, 0.15) is 18.9 Å². The van der Waals surface area contributed by atoms with Gasteiger partial charge in [-0.3, -0.25) is 4.79 Å². The van der Waals surface area contributed by atoms with E-state index in [1.165, 1.54) is 7.11 Å². The third-order valence-corrected chi connectivity index (χ3v) is 4.39. The third-order valence-electron chi connectivity index (χ3n) is 4.39. The van der Waals surface area contributed by atoms with Crippen molar-refractivity contribution in [1.29, 1.82) is 0 Å². The number of nitrogens with one attached hydrogen (secondary N) is 1. The molecule has 1 aliphatic carbocycles. The zero-order valence-corrected chi connectivity index (χ0v) is 13.9. The second-order valence-corrected chi connectivity index (χ2v) is 6.00. The number of amides is 1. The minimum absolute atomic E-state index is 0.205. The predicted molar refractivity (Wildman–Crippen MR) is 89.7 cm³/mol. The Morgan fingerprint density at radius 1 is 1.12 bits per heavy atom. The van der Waals surface area contributed by atoms with Gasteiger partial charge in [-0.1, -0.05) is 42.5 Å². The van der Waals surface area contributed by atoms with Gasteiger partial charge in [0.05, 0.1) is 25.3 Å². The Kier molecular flexibility index (Phi) is 4.01. The summed E-state index contributed by atoms with van der Waals surface area (Å²) in [5.41, 5.74) is 2.04. The molecule has 1 aliphatic heterocycles. The second kappa shape index (κ2) is 6.00. The van der Waals surface area contributed by atoms with Gasteiger partial charge in [-0.2, -0.15) is 0 Å². The molecular weight excluding hydrogens is 306 g/mol. The fraction of sp³-hybridized carbons (Fsp3) is 0.263. The molecule has 0 spiro atoms. The summed E-state index contributed by atoms with van der Waals surface area (Å²) in [5, 5.41) is 2.98. The van der Waals surface area contributed by atoms with Crippen LogP contribution in [-0.2, 0) is 19.1 Å². The molecule has 24 heavy (non-hydrogen) atoms. The van der Waals surface area contributed by atoms with Crippen molar-refractivity contribution in [2.24, 2.45) is 0 Å². The van der Waals surface area contributed by atoms with Crippen LogP contribution in [0.2, 0.25) is 0 Å². The Morgan fingerprint density at radius 3 is 2.46 bits per heavy atom. The van der Waals surface area contributed by atoms with Gasteiger partial charge >= 0.3 is 5.97 Å². The maximum absolute atomic E-state index is 12.6. The lowest BCUT2D eigenvalue weighted by molar-refractivity contribution is -0.136. The van der Waals surface area contributed by atoms with Crippen molar-refractivity contribution in [3.63, 3.8) is 0 Å². The summed E-state index contributed by atoms with van der Waals surface area (Å²) >= 11 is 0. The Balaban J connectivity index is 2.14. The van der Waals surface area contributed by atoms with Crippen LogP contribution in [0.5, 0.6) is 0 Å². The van der Waals surface area contributed by atoms with Crippen molar-refractivity contribution in [3.8, 4) is 0 Å².